The van der Waals surface area contributed by atoms with E-state index in [4.69, 9.17) is 14.3 Å². The van der Waals surface area contributed by atoms with Crippen molar-refractivity contribution in [3.63, 3.8) is 0 Å². The number of nitrogens with one attached hydrogen (secondary N) is 2. The highest BCUT2D eigenvalue weighted by Gasteiger charge is 2.23. The van der Waals surface area contributed by atoms with Crippen LogP contribution in [0.4, 0.5) is 9.52 Å². The average Bonchev–Trinajstić information content (AvgIpc) is 3.57. The second-order valence-corrected chi connectivity index (χ2v) is 10.2. The second-order valence-electron chi connectivity index (χ2n) is 7.47. The van der Waals surface area contributed by atoms with Crippen molar-refractivity contribution in [2.45, 2.75) is 36.4 Å². The Bertz CT molecular complexity index is 1090. The summed E-state index contributed by atoms with van der Waals surface area (Å²) in [6, 6.07) is 5.65. The lowest BCUT2D eigenvalue weighted by molar-refractivity contribution is -0.110. The molecule has 13 heteroatoms. The molecule has 2 aliphatic heterocycles. The molecule has 2 N–H and O–H groups in total. The standard InChI is InChI=1S/C20H23FN4O6S2/c21-17-11-22-20(32-17)24-19(26)18(25-31-15-7-9-29-12-15)13-3-5-16(6-4-13)33(27,28)23-10-14-2-1-8-30-14/h3-6,11,14-15,23H,1-2,7-10,12H2,(H,22,24,26)/b25-18+/t14?,15-/m1/s1. The van der Waals surface area contributed by atoms with Gasteiger partial charge in [-0.2, -0.15) is 4.39 Å². The fraction of sp³-hybridized carbons (Fsp3) is 0.450. The second kappa shape index (κ2) is 10.7. The zero-order valence-electron chi connectivity index (χ0n) is 17.5. The van der Waals surface area contributed by atoms with Crippen LogP contribution in [0.2, 0.25) is 0 Å². The van der Waals surface area contributed by atoms with Gasteiger partial charge in [0, 0.05) is 25.1 Å². The Labute approximate surface area is 194 Å². The summed E-state index contributed by atoms with van der Waals surface area (Å²) in [5, 5.41) is 5.97. The van der Waals surface area contributed by atoms with Crippen molar-refractivity contribution in [3.05, 3.63) is 41.2 Å². The van der Waals surface area contributed by atoms with Gasteiger partial charge in [-0.05, 0) is 25.0 Å². The molecular weight excluding hydrogens is 475 g/mol. The fourth-order valence-electron chi connectivity index (χ4n) is 3.30. The van der Waals surface area contributed by atoms with Gasteiger partial charge in [-0.15, -0.1) is 0 Å². The first-order valence-electron chi connectivity index (χ1n) is 10.4. The van der Waals surface area contributed by atoms with Gasteiger partial charge in [0.25, 0.3) is 5.91 Å². The van der Waals surface area contributed by atoms with Crippen molar-refractivity contribution in [2.75, 3.05) is 31.7 Å². The quantitative estimate of drug-likeness (QED) is 0.399. The zero-order chi connectivity index (χ0) is 23.3. The van der Waals surface area contributed by atoms with Crippen LogP contribution in [0.5, 0.6) is 0 Å². The van der Waals surface area contributed by atoms with Gasteiger partial charge >= 0.3 is 0 Å². The number of hydrogen-bond donors (Lipinski definition) is 2. The Hall–Kier alpha value is -2.45. The van der Waals surface area contributed by atoms with Crippen LogP contribution in [0.1, 0.15) is 24.8 Å². The highest BCUT2D eigenvalue weighted by Crippen LogP contribution is 2.18. The van der Waals surface area contributed by atoms with Gasteiger partial charge in [-0.25, -0.2) is 18.1 Å². The monoisotopic (exact) mass is 498 g/mol. The van der Waals surface area contributed by atoms with Gasteiger partial charge in [-0.3, -0.25) is 10.1 Å². The molecule has 0 aliphatic carbocycles. The van der Waals surface area contributed by atoms with Crippen molar-refractivity contribution < 1.29 is 31.9 Å². The number of carbonyl (C=O) groups excluding carboxylic acids is 1. The van der Waals surface area contributed by atoms with Gasteiger partial charge in [0.05, 0.1) is 30.4 Å². The van der Waals surface area contributed by atoms with E-state index >= 15 is 0 Å². The predicted octanol–water partition coefficient (Wildman–Crippen LogP) is 1.89. The van der Waals surface area contributed by atoms with Crippen LogP contribution < -0.4 is 10.0 Å². The molecule has 3 heterocycles. The topological polar surface area (TPSA) is 128 Å². The summed E-state index contributed by atoms with van der Waals surface area (Å²) in [4.78, 5) is 22.1. The molecule has 0 saturated carbocycles. The van der Waals surface area contributed by atoms with E-state index in [0.29, 0.717) is 43.1 Å². The molecule has 33 heavy (non-hydrogen) atoms. The first kappa shape index (κ1) is 23.7. The Morgan fingerprint density at radius 2 is 2.09 bits per heavy atom. The predicted molar refractivity (Wildman–Crippen MR) is 118 cm³/mol. The maximum absolute atomic E-state index is 13.2. The van der Waals surface area contributed by atoms with E-state index in [2.05, 4.69) is 20.2 Å². The molecule has 4 rings (SSSR count). The van der Waals surface area contributed by atoms with E-state index in [-0.39, 0.29) is 34.5 Å². The molecule has 0 spiro atoms. The number of thiazole rings is 1. The molecular formula is C20H23FN4O6S2. The van der Waals surface area contributed by atoms with Gasteiger partial charge < -0.3 is 14.3 Å². The number of nitrogens with zero attached hydrogens (tertiary/aromatic N) is 2. The molecule has 0 bridgehead atoms. The van der Waals surface area contributed by atoms with Gasteiger partial charge in [0.15, 0.2) is 22.1 Å². The molecule has 2 fully saturated rings. The fourth-order valence-corrected chi connectivity index (χ4v) is 4.91. The van der Waals surface area contributed by atoms with Crippen LogP contribution in [-0.2, 0) is 29.1 Å². The van der Waals surface area contributed by atoms with Crippen molar-refractivity contribution in [2.24, 2.45) is 5.16 Å². The van der Waals surface area contributed by atoms with E-state index in [1.165, 1.54) is 24.3 Å². The Balaban J connectivity index is 1.50. The first-order chi connectivity index (χ1) is 15.9. The zero-order valence-corrected chi connectivity index (χ0v) is 19.2. The Morgan fingerprint density at radius 3 is 2.73 bits per heavy atom. The molecule has 0 radical (unpaired) electrons. The molecule has 10 nitrogen and oxygen atoms in total. The van der Waals surface area contributed by atoms with Crippen LogP contribution >= 0.6 is 11.3 Å². The summed E-state index contributed by atoms with van der Waals surface area (Å²) in [5.74, 6) is -0.671. The number of hydrogen-bond acceptors (Lipinski definition) is 9. The van der Waals surface area contributed by atoms with Crippen LogP contribution in [0.3, 0.4) is 0 Å². The minimum atomic E-state index is -3.75. The Morgan fingerprint density at radius 1 is 1.27 bits per heavy atom. The summed E-state index contributed by atoms with van der Waals surface area (Å²) in [5.41, 5.74) is 0.218. The maximum Gasteiger partial charge on any atom is 0.280 e. The number of rotatable bonds is 9. The minimum Gasteiger partial charge on any atom is -0.389 e. The summed E-state index contributed by atoms with van der Waals surface area (Å²) < 4.78 is 51.6. The van der Waals surface area contributed by atoms with Gasteiger partial charge in [-0.1, -0.05) is 28.6 Å². The van der Waals surface area contributed by atoms with E-state index in [0.717, 1.165) is 19.0 Å². The van der Waals surface area contributed by atoms with E-state index in [1.807, 2.05) is 0 Å². The molecule has 1 aromatic heterocycles. The highest BCUT2D eigenvalue weighted by molar-refractivity contribution is 7.89. The molecule has 2 aromatic rings. The molecule has 2 aliphatic rings. The van der Waals surface area contributed by atoms with Crippen LogP contribution in [-0.4, -0.2) is 63.6 Å². The molecule has 1 unspecified atom stereocenters. The summed E-state index contributed by atoms with van der Waals surface area (Å²) in [6.07, 6.45) is 2.91. The van der Waals surface area contributed by atoms with Crippen molar-refractivity contribution in [1.82, 2.24) is 9.71 Å². The van der Waals surface area contributed by atoms with E-state index < -0.39 is 21.1 Å². The number of ether oxygens (including phenoxy) is 2. The Kier molecular flexibility index (Phi) is 7.65. The number of amides is 1. The number of carbonyl (C=O) groups is 1. The molecule has 1 aromatic carbocycles. The third kappa shape index (κ3) is 6.32. The van der Waals surface area contributed by atoms with Crippen LogP contribution in [0, 0.1) is 5.13 Å². The summed E-state index contributed by atoms with van der Waals surface area (Å²) >= 11 is 0.670. The minimum absolute atomic E-state index is 0.0381. The number of aromatic nitrogens is 1. The normalized spacial score (nSPS) is 21.3. The number of sulfonamides is 1. The summed E-state index contributed by atoms with van der Waals surface area (Å²) in [7, 11) is -3.75. The van der Waals surface area contributed by atoms with Gasteiger partial charge in [0.2, 0.25) is 10.0 Å². The van der Waals surface area contributed by atoms with Gasteiger partial charge in [0.1, 0.15) is 0 Å². The average molecular weight is 499 g/mol. The summed E-state index contributed by atoms with van der Waals surface area (Å²) in [6.45, 7) is 1.71. The number of anilines is 1. The highest BCUT2D eigenvalue weighted by atomic mass is 32.2. The van der Waals surface area contributed by atoms with E-state index in [9.17, 15) is 17.6 Å². The van der Waals surface area contributed by atoms with E-state index in [1.54, 1.807) is 0 Å². The third-order valence-corrected chi connectivity index (χ3v) is 7.20. The lowest BCUT2D eigenvalue weighted by atomic mass is 10.1. The third-order valence-electron chi connectivity index (χ3n) is 5.06. The maximum atomic E-state index is 13.2. The number of benzene rings is 1. The van der Waals surface area contributed by atoms with Crippen molar-refractivity contribution in [1.29, 1.82) is 0 Å². The molecule has 178 valence electrons. The van der Waals surface area contributed by atoms with Crippen LogP contribution in [0.15, 0.2) is 40.5 Å². The molecule has 1 amide bonds. The first-order valence-corrected chi connectivity index (χ1v) is 12.7. The molecule has 2 saturated heterocycles. The van der Waals surface area contributed by atoms with Crippen molar-refractivity contribution in [3.8, 4) is 0 Å². The van der Waals surface area contributed by atoms with Crippen molar-refractivity contribution >= 4 is 38.1 Å². The largest absolute Gasteiger partial charge is 0.389 e. The number of halogens is 1. The SMILES string of the molecule is O=C(Nc1ncc(F)s1)/C(=N/O[C@@H]1CCOC1)c1ccc(S(=O)(=O)NCC2CCCO2)cc1. The molecule has 2 atom stereocenters. The lowest BCUT2D eigenvalue weighted by Gasteiger charge is -2.12. The smallest absolute Gasteiger partial charge is 0.280 e. The number of oxime groups is 1. The lowest BCUT2D eigenvalue weighted by Crippen LogP contribution is -2.31. The van der Waals surface area contributed by atoms with Crippen LogP contribution in [0.25, 0.3) is 0 Å².